The Labute approximate surface area is 202 Å². The van der Waals surface area contributed by atoms with Crippen LogP contribution in [0.5, 0.6) is 0 Å². The van der Waals surface area contributed by atoms with Crippen molar-refractivity contribution in [3.63, 3.8) is 0 Å². The van der Waals surface area contributed by atoms with Crippen molar-refractivity contribution in [3.05, 3.63) is 22.4 Å². The number of rotatable bonds is 3. The van der Waals surface area contributed by atoms with Gasteiger partial charge in [0.1, 0.15) is 11.9 Å². The first-order chi connectivity index (χ1) is 16.2. The fourth-order valence-corrected chi connectivity index (χ4v) is 5.21. The zero-order chi connectivity index (χ0) is 24.5. The Morgan fingerprint density at radius 2 is 1.62 bits per heavy atom. The highest BCUT2D eigenvalue weighted by atomic mass is 16.5. The van der Waals surface area contributed by atoms with Crippen LogP contribution in [0.25, 0.3) is 0 Å². The van der Waals surface area contributed by atoms with Crippen molar-refractivity contribution < 1.29 is 14.3 Å². The van der Waals surface area contributed by atoms with E-state index in [0.29, 0.717) is 69.6 Å². The van der Waals surface area contributed by atoms with E-state index in [2.05, 4.69) is 38.7 Å². The van der Waals surface area contributed by atoms with Crippen LogP contribution in [0, 0.1) is 17.2 Å². The van der Waals surface area contributed by atoms with Crippen molar-refractivity contribution in [1.82, 2.24) is 14.8 Å². The van der Waals surface area contributed by atoms with E-state index in [4.69, 9.17) is 9.72 Å². The lowest BCUT2D eigenvalue weighted by molar-refractivity contribution is -0.152. The molecule has 0 saturated carbocycles. The number of hydrogen-bond donors (Lipinski definition) is 0. The Morgan fingerprint density at radius 1 is 1.00 bits per heavy atom. The molecule has 0 atom stereocenters. The molecule has 0 radical (unpaired) electrons. The number of likely N-dealkylation sites (tertiary alicyclic amines) is 1. The molecule has 3 aliphatic heterocycles. The lowest BCUT2D eigenvalue weighted by atomic mass is 9.86. The molecule has 0 bridgehead atoms. The number of nitrogens with zero attached hydrogens (tertiary/aromatic N) is 5. The molecule has 0 N–H and O–H groups in total. The van der Waals surface area contributed by atoms with Crippen LogP contribution in [0.2, 0.25) is 0 Å². The van der Waals surface area contributed by atoms with Gasteiger partial charge in [0.25, 0.3) is 0 Å². The molecule has 0 unspecified atom stereocenters. The second-order valence-corrected chi connectivity index (χ2v) is 10.8. The average molecular weight is 468 g/mol. The topological polar surface area (TPSA) is 89.8 Å². The number of piperidine rings is 1. The smallest absolute Gasteiger partial charge is 0.312 e. The Hall–Kier alpha value is -2.66. The number of carbonyl (C=O) groups is 2. The molecule has 1 aromatic heterocycles. The van der Waals surface area contributed by atoms with Crippen molar-refractivity contribution in [2.75, 3.05) is 44.2 Å². The highest BCUT2D eigenvalue weighted by Gasteiger charge is 2.35. The molecule has 2 saturated heterocycles. The largest absolute Gasteiger partial charge is 0.370 e. The molecular formula is C26H37N5O3. The maximum atomic E-state index is 12.8. The summed E-state index contributed by atoms with van der Waals surface area (Å²) in [6, 6.07) is 2.43. The Balaban J connectivity index is 1.55. The number of ether oxygens (including phenoxy) is 1. The zero-order valence-electron chi connectivity index (χ0n) is 21.0. The van der Waals surface area contributed by atoms with Crippen LogP contribution in [0.1, 0.15) is 69.3 Å². The van der Waals surface area contributed by atoms with E-state index in [1.54, 1.807) is 9.80 Å². The van der Waals surface area contributed by atoms with E-state index in [1.165, 1.54) is 0 Å². The van der Waals surface area contributed by atoms with Crippen LogP contribution < -0.4 is 4.90 Å². The summed E-state index contributed by atoms with van der Waals surface area (Å²) in [5.41, 5.74) is 3.43. The van der Waals surface area contributed by atoms with E-state index in [-0.39, 0.29) is 11.5 Å². The summed E-state index contributed by atoms with van der Waals surface area (Å²) in [7, 11) is 0. The summed E-state index contributed by atoms with van der Waals surface area (Å²) < 4.78 is 6.07. The van der Waals surface area contributed by atoms with Gasteiger partial charge in [-0.15, -0.1) is 0 Å². The maximum absolute atomic E-state index is 12.8. The predicted molar refractivity (Wildman–Crippen MR) is 129 cm³/mol. The fourth-order valence-electron chi connectivity index (χ4n) is 5.21. The van der Waals surface area contributed by atoms with E-state index < -0.39 is 5.91 Å². The van der Waals surface area contributed by atoms with Gasteiger partial charge in [-0.3, -0.25) is 9.59 Å². The number of nitriles is 1. The van der Waals surface area contributed by atoms with Crippen molar-refractivity contribution in [1.29, 1.82) is 5.26 Å². The lowest BCUT2D eigenvalue weighted by Crippen LogP contribution is -2.54. The molecule has 3 aliphatic rings. The molecule has 0 aromatic carbocycles. The number of fused-ring (bicyclic) bond motifs is 1. The molecule has 4 rings (SSSR count). The van der Waals surface area contributed by atoms with Crippen LogP contribution in [0.15, 0.2) is 0 Å². The van der Waals surface area contributed by atoms with Gasteiger partial charge < -0.3 is 19.4 Å². The van der Waals surface area contributed by atoms with Gasteiger partial charge >= 0.3 is 11.8 Å². The van der Waals surface area contributed by atoms with Gasteiger partial charge in [-0.05, 0) is 51.0 Å². The third kappa shape index (κ3) is 5.05. The second kappa shape index (κ2) is 9.91. The Morgan fingerprint density at radius 3 is 2.21 bits per heavy atom. The molecule has 0 aliphatic carbocycles. The van der Waals surface area contributed by atoms with Crippen LogP contribution in [-0.2, 0) is 33.8 Å². The van der Waals surface area contributed by atoms with Crippen molar-refractivity contribution in [2.24, 2.45) is 5.92 Å². The van der Waals surface area contributed by atoms with Crippen molar-refractivity contribution in [3.8, 4) is 6.07 Å². The Bertz CT molecular complexity index is 983. The number of pyridine rings is 1. The van der Waals surface area contributed by atoms with Gasteiger partial charge in [-0.2, -0.15) is 5.26 Å². The van der Waals surface area contributed by atoms with Crippen molar-refractivity contribution in [2.45, 2.75) is 72.0 Å². The minimum Gasteiger partial charge on any atom is -0.370 e. The first-order valence-electron chi connectivity index (χ1n) is 12.6. The number of piperazine rings is 1. The summed E-state index contributed by atoms with van der Waals surface area (Å²) in [6.45, 7) is 12.3. The van der Waals surface area contributed by atoms with Crippen LogP contribution in [-0.4, -0.2) is 71.5 Å². The van der Waals surface area contributed by atoms with Gasteiger partial charge in [0.05, 0.1) is 17.8 Å². The molecule has 34 heavy (non-hydrogen) atoms. The molecule has 4 heterocycles. The highest BCUT2D eigenvalue weighted by Crippen LogP contribution is 2.36. The molecule has 2 fully saturated rings. The minimum atomic E-state index is -0.403. The summed E-state index contributed by atoms with van der Waals surface area (Å²) in [5.74, 6) is 0.366. The van der Waals surface area contributed by atoms with Crippen molar-refractivity contribution >= 4 is 17.6 Å². The quantitative estimate of drug-likeness (QED) is 0.635. The molecule has 0 spiro atoms. The molecular weight excluding hydrogens is 430 g/mol. The normalized spacial score (nSPS) is 20.2. The van der Waals surface area contributed by atoms with Gasteiger partial charge in [-0.25, -0.2) is 4.98 Å². The monoisotopic (exact) mass is 467 g/mol. The van der Waals surface area contributed by atoms with Crippen LogP contribution >= 0.6 is 0 Å². The third-order valence-electron chi connectivity index (χ3n) is 7.09. The maximum Gasteiger partial charge on any atom is 0.312 e. The van der Waals surface area contributed by atoms with Crippen LogP contribution in [0.3, 0.4) is 0 Å². The summed E-state index contributed by atoms with van der Waals surface area (Å²) in [4.78, 5) is 36.0. The number of anilines is 1. The zero-order valence-corrected chi connectivity index (χ0v) is 21.0. The van der Waals surface area contributed by atoms with E-state index in [1.807, 2.05) is 0 Å². The van der Waals surface area contributed by atoms with Gasteiger partial charge in [0.2, 0.25) is 0 Å². The summed E-state index contributed by atoms with van der Waals surface area (Å²) in [5, 5.41) is 10.1. The lowest BCUT2D eigenvalue weighted by Gasteiger charge is -2.38. The molecule has 1 aromatic rings. The molecule has 8 heteroatoms. The standard InChI is InChI=1S/C26H37N5O3/c1-18(2)14-22-21-17-34-26(3,4)15-19(21)20(16-27)23(28-22)29-10-12-31(13-11-29)25(33)24(32)30-8-6-5-7-9-30/h18H,5-15,17H2,1-4H3. The number of amides is 2. The third-order valence-corrected chi connectivity index (χ3v) is 7.09. The number of carbonyl (C=O) groups excluding carboxylic acids is 2. The summed E-state index contributed by atoms with van der Waals surface area (Å²) in [6.07, 6.45) is 4.55. The average Bonchev–Trinajstić information content (AvgIpc) is 2.82. The van der Waals surface area contributed by atoms with E-state index in [9.17, 15) is 14.9 Å². The van der Waals surface area contributed by atoms with Gasteiger partial charge in [0, 0.05) is 56.9 Å². The van der Waals surface area contributed by atoms with Gasteiger partial charge in [0.15, 0.2) is 0 Å². The Kier molecular flexibility index (Phi) is 7.13. The molecule has 184 valence electrons. The first kappa shape index (κ1) is 24.5. The molecule has 8 nitrogen and oxygen atoms in total. The minimum absolute atomic E-state index is 0.327. The van der Waals surface area contributed by atoms with Crippen LogP contribution in [0.4, 0.5) is 5.82 Å². The SMILES string of the molecule is CC(C)Cc1nc(N2CCN(C(=O)C(=O)N3CCCCC3)CC2)c(C#N)c2c1COC(C)(C)C2. The van der Waals surface area contributed by atoms with Gasteiger partial charge in [-0.1, -0.05) is 13.8 Å². The molecule has 2 amide bonds. The van der Waals surface area contributed by atoms with E-state index >= 15 is 0 Å². The first-order valence-corrected chi connectivity index (χ1v) is 12.6. The summed E-state index contributed by atoms with van der Waals surface area (Å²) >= 11 is 0. The highest BCUT2D eigenvalue weighted by molar-refractivity contribution is 6.34. The van der Waals surface area contributed by atoms with E-state index in [0.717, 1.165) is 42.5 Å². The predicted octanol–water partition coefficient (Wildman–Crippen LogP) is 2.66. The fraction of sp³-hybridized carbons (Fsp3) is 0.692. The number of hydrogen-bond acceptors (Lipinski definition) is 6. The number of aromatic nitrogens is 1. The second-order valence-electron chi connectivity index (χ2n) is 10.8.